The number of rotatable bonds is 5. The SMILES string of the molecule is Cc1cc(Br)ccc1C(=O)NCc1cccc(OC(F)F)c1. The first-order valence-corrected chi connectivity index (χ1v) is 7.33. The van der Waals surface area contributed by atoms with Gasteiger partial charge in [-0.3, -0.25) is 4.79 Å². The summed E-state index contributed by atoms with van der Waals surface area (Å²) in [5.41, 5.74) is 2.10. The molecule has 0 aliphatic heterocycles. The second-order valence-corrected chi connectivity index (χ2v) is 5.58. The lowest BCUT2D eigenvalue weighted by atomic mass is 10.1. The lowest BCUT2D eigenvalue weighted by Crippen LogP contribution is -2.23. The summed E-state index contributed by atoms with van der Waals surface area (Å²) in [7, 11) is 0. The zero-order valence-corrected chi connectivity index (χ0v) is 13.4. The lowest BCUT2D eigenvalue weighted by molar-refractivity contribution is -0.0498. The van der Waals surface area contributed by atoms with E-state index in [-0.39, 0.29) is 18.2 Å². The van der Waals surface area contributed by atoms with Crippen LogP contribution < -0.4 is 10.1 Å². The van der Waals surface area contributed by atoms with Crippen molar-refractivity contribution < 1.29 is 18.3 Å². The molecule has 2 aromatic carbocycles. The summed E-state index contributed by atoms with van der Waals surface area (Å²) in [6.45, 7) is -0.791. The Morgan fingerprint density at radius 1 is 1.27 bits per heavy atom. The zero-order valence-electron chi connectivity index (χ0n) is 11.8. The number of aryl methyl sites for hydroxylation is 1. The van der Waals surface area contributed by atoms with Crippen LogP contribution >= 0.6 is 15.9 Å². The third kappa shape index (κ3) is 4.53. The molecule has 0 spiro atoms. The maximum Gasteiger partial charge on any atom is 0.387 e. The summed E-state index contributed by atoms with van der Waals surface area (Å²) in [6.07, 6.45) is 0. The lowest BCUT2D eigenvalue weighted by Gasteiger charge is -2.10. The van der Waals surface area contributed by atoms with Gasteiger partial charge in [0.2, 0.25) is 0 Å². The second kappa shape index (κ2) is 7.35. The van der Waals surface area contributed by atoms with E-state index < -0.39 is 6.61 Å². The molecule has 1 N–H and O–H groups in total. The molecule has 22 heavy (non-hydrogen) atoms. The van der Waals surface area contributed by atoms with E-state index >= 15 is 0 Å². The van der Waals surface area contributed by atoms with E-state index in [1.54, 1.807) is 24.3 Å². The van der Waals surface area contributed by atoms with Gasteiger partial charge in [-0.25, -0.2) is 0 Å². The van der Waals surface area contributed by atoms with E-state index in [0.717, 1.165) is 10.0 Å². The van der Waals surface area contributed by atoms with E-state index in [1.165, 1.54) is 12.1 Å². The first-order chi connectivity index (χ1) is 10.5. The van der Waals surface area contributed by atoms with Gasteiger partial charge < -0.3 is 10.1 Å². The molecular weight excluding hydrogens is 356 g/mol. The Bertz CT molecular complexity index is 677. The van der Waals surface area contributed by atoms with E-state index in [4.69, 9.17) is 0 Å². The summed E-state index contributed by atoms with van der Waals surface area (Å²) >= 11 is 3.34. The largest absolute Gasteiger partial charge is 0.435 e. The standard InChI is InChI=1S/C16H14BrF2NO2/c1-10-7-12(17)5-6-14(10)15(21)20-9-11-3-2-4-13(8-11)22-16(18)19/h2-8,16H,9H2,1H3,(H,20,21). The van der Waals surface area contributed by atoms with E-state index in [0.29, 0.717) is 11.1 Å². The van der Waals surface area contributed by atoms with Crippen LogP contribution in [0.4, 0.5) is 8.78 Å². The van der Waals surface area contributed by atoms with Crippen LogP contribution in [-0.4, -0.2) is 12.5 Å². The molecule has 0 heterocycles. The van der Waals surface area contributed by atoms with Crippen LogP contribution in [0, 0.1) is 6.92 Å². The fourth-order valence-electron chi connectivity index (χ4n) is 1.99. The minimum atomic E-state index is -2.87. The second-order valence-electron chi connectivity index (χ2n) is 4.67. The average Bonchev–Trinajstić information content (AvgIpc) is 2.44. The van der Waals surface area contributed by atoms with Crippen molar-refractivity contribution in [3.05, 3.63) is 63.6 Å². The maximum absolute atomic E-state index is 12.2. The molecule has 0 atom stereocenters. The van der Waals surface area contributed by atoms with Crippen LogP contribution in [0.1, 0.15) is 21.5 Å². The minimum Gasteiger partial charge on any atom is -0.435 e. The number of nitrogens with one attached hydrogen (secondary N) is 1. The molecule has 0 saturated carbocycles. The monoisotopic (exact) mass is 369 g/mol. The van der Waals surface area contributed by atoms with Crippen LogP contribution in [0.5, 0.6) is 5.75 Å². The van der Waals surface area contributed by atoms with Gasteiger partial charge in [0.15, 0.2) is 0 Å². The van der Waals surface area contributed by atoms with Gasteiger partial charge in [0.1, 0.15) is 5.75 Å². The number of benzene rings is 2. The average molecular weight is 370 g/mol. The van der Waals surface area contributed by atoms with E-state index in [9.17, 15) is 13.6 Å². The van der Waals surface area contributed by atoms with Crippen molar-refractivity contribution in [3.63, 3.8) is 0 Å². The highest BCUT2D eigenvalue weighted by molar-refractivity contribution is 9.10. The fourth-order valence-corrected chi connectivity index (χ4v) is 2.47. The third-order valence-electron chi connectivity index (χ3n) is 3.01. The van der Waals surface area contributed by atoms with E-state index in [2.05, 4.69) is 26.0 Å². The molecule has 0 fully saturated rings. The molecule has 2 rings (SSSR count). The molecule has 0 aromatic heterocycles. The van der Waals surface area contributed by atoms with Crippen molar-refractivity contribution in [2.24, 2.45) is 0 Å². The molecule has 2 aromatic rings. The van der Waals surface area contributed by atoms with Crippen LogP contribution in [0.25, 0.3) is 0 Å². The Kier molecular flexibility index (Phi) is 5.49. The molecule has 116 valence electrons. The molecule has 6 heteroatoms. The van der Waals surface area contributed by atoms with E-state index in [1.807, 2.05) is 13.0 Å². The highest BCUT2D eigenvalue weighted by Crippen LogP contribution is 2.17. The summed E-state index contributed by atoms with van der Waals surface area (Å²) in [4.78, 5) is 12.1. The summed E-state index contributed by atoms with van der Waals surface area (Å²) in [6, 6.07) is 11.6. The Morgan fingerprint density at radius 2 is 2.05 bits per heavy atom. The van der Waals surface area contributed by atoms with Gasteiger partial charge in [0, 0.05) is 16.6 Å². The maximum atomic E-state index is 12.2. The van der Waals surface area contributed by atoms with Crippen molar-refractivity contribution in [3.8, 4) is 5.75 Å². The van der Waals surface area contributed by atoms with Gasteiger partial charge in [-0.05, 0) is 48.4 Å². The van der Waals surface area contributed by atoms with Crippen molar-refractivity contribution in [2.45, 2.75) is 20.1 Å². The molecule has 0 aliphatic rings. The molecule has 0 saturated heterocycles. The Hall–Kier alpha value is -1.95. The Morgan fingerprint density at radius 3 is 2.73 bits per heavy atom. The summed E-state index contributed by atoms with van der Waals surface area (Å²) < 4.78 is 29.6. The molecular formula is C16H14BrF2NO2. The molecule has 1 amide bonds. The molecule has 3 nitrogen and oxygen atoms in total. The van der Waals surface area contributed by atoms with Gasteiger partial charge in [-0.15, -0.1) is 0 Å². The van der Waals surface area contributed by atoms with Gasteiger partial charge in [0.25, 0.3) is 5.91 Å². The van der Waals surface area contributed by atoms with Gasteiger partial charge in [-0.2, -0.15) is 8.78 Å². The summed E-state index contributed by atoms with van der Waals surface area (Å²) in [5.74, 6) is -0.147. The quantitative estimate of drug-likeness (QED) is 0.853. The van der Waals surface area contributed by atoms with Gasteiger partial charge >= 0.3 is 6.61 Å². The minimum absolute atomic E-state index is 0.0709. The Balaban J connectivity index is 2.02. The van der Waals surface area contributed by atoms with Crippen LogP contribution in [0.2, 0.25) is 0 Å². The fraction of sp³-hybridized carbons (Fsp3) is 0.188. The number of hydrogen-bond donors (Lipinski definition) is 1. The predicted octanol–water partition coefficient (Wildman–Crippen LogP) is 4.29. The number of alkyl halides is 2. The summed E-state index contributed by atoms with van der Waals surface area (Å²) in [5, 5.41) is 2.76. The van der Waals surface area contributed by atoms with Crippen molar-refractivity contribution >= 4 is 21.8 Å². The highest BCUT2D eigenvalue weighted by Gasteiger charge is 2.09. The van der Waals surface area contributed by atoms with Crippen LogP contribution in [0.15, 0.2) is 46.9 Å². The number of carbonyl (C=O) groups excluding carboxylic acids is 1. The van der Waals surface area contributed by atoms with Crippen molar-refractivity contribution in [1.29, 1.82) is 0 Å². The smallest absolute Gasteiger partial charge is 0.387 e. The number of ether oxygens (including phenoxy) is 1. The molecule has 0 aliphatic carbocycles. The van der Waals surface area contributed by atoms with Crippen molar-refractivity contribution in [2.75, 3.05) is 0 Å². The van der Waals surface area contributed by atoms with Gasteiger partial charge in [-0.1, -0.05) is 28.1 Å². The molecule has 0 bridgehead atoms. The van der Waals surface area contributed by atoms with Crippen molar-refractivity contribution in [1.82, 2.24) is 5.32 Å². The Labute approximate surface area is 135 Å². The van der Waals surface area contributed by atoms with Crippen LogP contribution in [0.3, 0.4) is 0 Å². The number of amides is 1. The molecule has 0 radical (unpaired) electrons. The van der Waals surface area contributed by atoms with Crippen LogP contribution in [-0.2, 0) is 6.54 Å². The zero-order chi connectivity index (χ0) is 16.1. The third-order valence-corrected chi connectivity index (χ3v) is 3.50. The first-order valence-electron chi connectivity index (χ1n) is 6.54. The number of carbonyl (C=O) groups is 1. The predicted molar refractivity (Wildman–Crippen MR) is 83.1 cm³/mol. The number of hydrogen-bond acceptors (Lipinski definition) is 2. The normalized spacial score (nSPS) is 10.6. The number of halogens is 3. The highest BCUT2D eigenvalue weighted by atomic mass is 79.9. The first kappa shape index (κ1) is 16.4. The molecule has 0 unspecified atom stereocenters. The van der Waals surface area contributed by atoms with Gasteiger partial charge in [0.05, 0.1) is 0 Å². The topological polar surface area (TPSA) is 38.3 Å².